The molecule has 19 heavy (non-hydrogen) atoms. The molecule has 0 atom stereocenters. The Labute approximate surface area is 114 Å². The number of rotatable bonds is 7. The van der Waals surface area contributed by atoms with Crippen LogP contribution >= 0.6 is 0 Å². The molecule has 0 radical (unpaired) electrons. The summed E-state index contributed by atoms with van der Waals surface area (Å²) in [5.74, 6) is 0. The van der Waals surface area contributed by atoms with Gasteiger partial charge in [0, 0.05) is 27.4 Å². The lowest BCUT2D eigenvalue weighted by atomic mass is 10.2. The molecular weight excluding hydrogens is 286 g/mol. The van der Waals surface area contributed by atoms with Crippen LogP contribution in [0.15, 0.2) is 29.2 Å². The van der Waals surface area contributed by atoms with Crippen molar-refractivity contribution in [2.24, 2.45) is 5.14 Å². The third-order valence-electron chi connectivity index (χ3n) is 2.90. The molecule has 1 aromatic rings. The van der Waals surface area contributed by atoms with Gasteiger partial charge in [0.15, 0.2) is 0 Å². The SMILES string of the molecule is CO[Si](CCc1ccc(S(N)(=O)=O)cc1)(OC)OC. The Morgan fingerprint density at radius 1 is 1.05 bits per heavy atom. The summed E-state index contributed by atoms with van der Waals surface area (Å²) in [5.41, 5.74) is 0.968. The zero-order valence-electron chi connectivity index (χ0n) is 11.3. The van der Waals surface area contributed by atoms with Crippen molar-refractivity contribution in [3.63, 3.8) is 0 Å². The highest BCUT2D eigenvalue weighted by Crippen LogP contribution is 2.17. The highest BCUT2D eigenvalue weighted by atomic mass is 32.2. The fraction of sp³-hybridized carbons (Fsp3) is 0.455. The van der Waals surface area contributed by atoms with Gasteiger partial charge in [0.05, 0.1) is 4.90 Å². The highest BCUT2D eigenvalue weighted by Gasteiger charge is 2.37. The van der Waals surface area contributed by atoms with Gasteiger partial charge in [0.1, 0.15) is 0 Å². The van der Waals surface area contributed by atoms with Gasteiger partial charge in [-0.25, -0.2) is 13.6 Å². The third kappa shape index (κ3) is 4.37. The van der Waals surface area contributed by atoms with Crippen molar-refractivity contribution in [2.45, 2.75) is 17.4 Å². The van der Waals surface area contributed by atoms with E-state index in [-0.39, 0.29) is 4.90 Å². The van der Waals surface area contributed by atoms with Crippen LogP contribution in [0.2, 0.25) is 6.04 Å². The fourth-order valence-corrected chi connectivity index (χ4v) is 3.92. The summed E-state index contributed by atoms with van der Waals surface area (Å²) in [6, 6.07) is 7.03. The maximum absolute atomic E-state index is 11.1. The van der Waals surface area contributed by atoms with Crippen LogP contribution in [0.3, 0.4) is 0 Å². The number of benzene rings is 1. The van der Waals surface area contributed by atoms with Crippen LogP contribution in [0.25, 0.3) is 0 Å². The lowest BCUT2D eigenvalue weighted by Crippen LogP contribution is -2.43. The van der Waals surface area contributed by atoms with Gasteiger partial charge >= 0.3 is 8.80 Å². The van der Waals surface area contributed by atoms with Crippen LogP contribution in [0.5, 0.6) is 0 Å². The van der Waals surface area contributed by atoms with Gasteiger partial charge in [-0.3, -0.25) is 0 Å². The van der Waals surface area contributed by atoms with Gasteiger partial charge < -0.3 is 13.3 Å². The van der Waals surface area contributed by atoms with E-state index in [0.717, 1.165) is 5.56 Å². The molecule has 0 spiro atoms. The molecule has 8 heteroatoms. The molecule has 0 bridgehead atoms. The lowest BCUT2D eigenvalue weighted by Gasteiger charge is -2.24. The number of primary sulfonamides is 1. The van der Waals surface area contributed by atoms with E-state index in [9.17, 15) is 8.42 Å². The minimum Gasteiger partial charge on any atom is -0.377 e. The van der Waals surface area contributed by atoms with E-state index in [1.54, 1.807) is 33.5 Å². The summed E-state index contributed by atoms with van der Waals surface area (Å²) in [4.78, 5) is 0.102. The molecule has 0 unspecified atom stereocenters. The van der Waals surface area contributed by atoms with Gasteiger partial charge in [0.25, 0.3) is 0 Å². The molecule has 0 heterocycles. The minimum absolute atomic E-state index is 0.102. The van der Waals surface area contributed by atoms with Gasteiger partial charge in [0.2, 0.25) is 10.0 Å². The second-order valence-electron chi connectivity index (χ2n) is 3.98. The molecule has 0 aromatic heterocycles. The number of nitrogens with two attached hydrogens (primary N) is 1. The highest BCUT2D eigenvalue weighted by molar-refractivity contribution is 7.89. The molecule has 2 N–H and O–H groups in total. The second-order valence-corrected chi connectivity index (χ2v) is 8.64. The first-order valence-electron chi connectivity index (χ1n) is 5.64. The monoisotopic (exact) mass is 305 g/mol. The van der Waals surface area contributed by atoms with Crippen LogP contribution in [0, 0.1) is 0 Å². The van der Waals surface area contributed by atoms with Crippen LogP contribution in [0.1, 0.15) is 5.56 Å². The van der Waals surface area contributed by atoms with Crippen molar-refractivity contribution in [2.75, 3.05) is 21.3 Å². The first-order chi connectivity index (χ1) is 8.87. The zero-order chi connectivity index (χ0) is 14.5. The molecule has 1 rings (SSSR count). The molecule has 1 aromatic carbocycles. The van der Waals surface area contributed by atoms with E-state index in [1.165, 1.54) is 12.1 Å². The predicted molar refractivity (Wildman–Crippen MR) is 73.1 cm³/mol. The molecule has 0 amide bonds. The van der Waals surface area contributed by atoms with Crippen molar-refractivity contribution < 1.29 is 21.7 Å². The summed E-state index contributed by atoms with van der Waals surface area (Å²) in [6.07, 6.45) is 0.673. The largest absolute Gasteiger partial charge is 0.500 e. The molecule has 0 aliphatic carbocycles. The average molecular weight is 305 g/mol. The van der Waals surface area contributed by atoms with E-state index in [0.29, 0.717) is 12.5 Å². The first-order valence-corrected chi connectivity index (χ1v) is 9.12. The Morgan fingerprint density at radius 2 is 1.53 bits per heavy atom. The van der Waals surface area contributed by atoms with Gasteiger partial charge in [-0.2, -0.15) is 0 Å². The molecule has 6 nitrogen and oxygen atoms in total. The summed E-state index contributed by atoms with van der Waals surface area (Å²) in [5, 5.41) is 5.03. The van der Waals surface area contributed by atoms with Gasteiger partial charge in [-0.1, -0.05) is 12.1 Å². The van der Waals surface area contributed by atoms with Crippen LogP contribution < -0.4 is 5.14 Å². The van der Waals surface area contributed by atoms with Crippen molar-refractivity contribution in [1.82, 2.24) is 0 Å². The fourth-order valence-electron chi connectivity index (χ4n) is 1.70. The Kier molecular flexibility index (Phi) is 5.65. The number of hydrogen-bond acceptors (Lipinski definition) is 5. The van der Waals surface area contributed by atoms with Crippen LogP contribution in [0.4, 0.5) is 0 Å². The van der Waals surface area contributed by atoms with Crippen molar-refractivity contribution in [3.05, 3.63) is 29.8 Å². The Morgan fingerprint density at radius 3 is 1.89 bits per heavy atom. The number of sulfonamides is 1. The summed E-state index contributed by atoms with van der Waals surface area (Å²) in [7, 11) is -1.56. The van der Waals surface area contributed by atoms with E-state index < -0.39 is 18.8 Å². The quantitative estimate of drug-likeness (QED) is 0.751. The molecule has 108 valence electrons. The molecular formula is C11H19NO5SSi. The van der Waals surface area contributed by atoms with Crippen LogP contribution in [-0.2, 0) is 29.7 Å². The van der Waals surface area contributed by atoms with Gasteiger partial charge in [-0.15, -0.1) is 0 Å². The van der Waals surface area contributed by atoms with Gasteiger partial charge in [-0.05, 0) is 24.1 Å². The van der Waals surface area contributed by atoms with Crippen molar-refractivity contribution in [1.29, 1.82) is 0 Å². The van der Waals surface area contributed by atoms with Crippen molar-refractivity contribution in [3.8, 4) is 0 Å². The number of hydrogen-bond donors (Lipinski definition) is 1. The topological polar surface area (TPSA) is 87.9 Å². The normalized spacial score (nSPS) is 12.6. The predicted octanol–water partition coefficient (Wildman–Crippen LogP) is 0.755. The summed E-state index contributed by atoms with van der Waals surface area (Å²) >= 11 is 0. The molecule has 0 aliphatic heterocycles. The smallest absolute Gasteiger partial charge is 0.377 e. The number of aryl methyl sites for hydroxylation is 1. The molecule has 0 saturated heterocycles. The first kappa shape index (κ1) is 16.3. The standard InChI is InChI=1S/C11H19NO5SSi/c1-15-19(16-2,17-3)9-8-10-4-6-11(7-5-10)18(12,13)14/h4-7H,8-9H2,1-3H3,(H2,12,13,14). The third-order valence-corrected chi connectivity index (χ3v) is 6.56. The van der Waals surface area contributed by atoms with E-state index in [2.05, 4.69) is 0 Å². The van der Waals surface area contributed by atoms with Crippen molar-refractivity contribution >= 4 is 18.8 Å². The maximum Gasteiger partial charge on any atom is 0.500 e. The Hall–Kier alpha value is -0.773. The second kappa shape index (κ2) is 6.59. The molecule has 0 saturated carbocycles. The van der Waals surface area contributed by atoms with E-state index in [4.69, 9.17) is 18.4 Å². The molecule has 0 aliphatic rings. The summed E-state index contributed by atoms with van der Waals surface area (Å²) in [6.45, 7) is 0. The maximum atomic E-state index is 11.1. The van der Waals surface area contributed by atoms with E-state index in [1.807, 2.05) is 0 Å². The zero-order valence-corrected chi connectivity index (χ0v) is 13.1. The summed E-state index contributed by atoms with van der Waals surface area (Å²) < 4.78 is 38.2. The van der Waals surface area contributed by atoms with E-state index >= 15 is 0 Å². The minimum atomic E-state index is -3.64. The lowest BCUT2D eigenvalue weighted by molar-refractivity contribution is 0.123. The Bertz CT molecular complexity index is 490. The Balaban J connectivity index is 2.74. The van der Waals surface area contributed by atoms with Crippen LogP contribution in [-0.4, -0.2) is 38.6 Å². The average Bonchev–Trinajstić information content (AvgIpc) is 2.40. The molecule has 0 fully saturated rings.